The van der Waals surface area contributed by atoms with Crippen molar-refractivity contribution in [2.45, 2.75) is 6.92 Å². The number of nitrogens with zero attached hydrogens (tertiary/aromatic N) is 1. The van der Waals surface area contributed by atoms with E-state index in [0.717, 1.165) is 10.0 Å². The first-order chi connectivity index (χ1) is 9.03. The first-order valence-corrected chi connectivity index (χ1v) is 6.65. The average Bonchev–Trinajstić information content (AvgIpc) is 2.35. The molecule has 0 unspecified atom stereocenters. The molecule has 0 fully saturated rings. The minimum atomic E-state index is 0.0624. The Hall–Kier alpha value is -1.58. The molecule has 0 radical (unpaired) electrons. The summed E-state index contributed by atoms with van der Waals surface area (Å²) in [6, 6.07) is 5.53. The van der Waals surface area contributed by atoms with E-state index in [0.29, 0.717) is 18.1 Å². The number of nitrogens with two attached hydrogens (primary N) is 1. The second kappa shape index (κ2) is 7.12. The van der Waals surface area contributed by atoms with Crippen molar-refractivity contribution < 1.29 is 9.47 Å². The van der Waals surface area contributed by atoms with Crippen molar-refractivity contribution in [3.05, 3.63) is 27.7 Å². The van der Waals surface area contributed by atoms with Gasteiger partial charge < -0.3 is 15.2 Å². The Balaban J connectivity index is 3.32. The van der Waals surface area contributed by atoms with Crippen molar-refractivity contribution in [1.29, 1.82) is 5.26 Å². The van der Waals surface area contributed by atoms with Gasteiger partial charge in [0, 0.05) is 0 Å². The largest absolute Gasteiger partial charge is 0.492 e. The summed E-state index contributed by atoms with van der Waals surface area (Å²) >= 11 is 8.20. The molecule has 0 bridgehead atoms. The van der Waals surface area contributed by atoms with Gasteiger partial charge in [-0.3, -0.25) is 0 Å². The topological polar surface area (TPSA) is 68.3 Å². The molecule has 0 saturated heterocycles. The van der Waals surface area contributed by atoms with Gasteiger partial charge in [0.15, 0.2) is 11.5 Å². The van der Waals surface area contributed by atoms with Crippen LogP contribution in [0.3, 0.4) is 0 Å². The molecule has 0 amide bonds. The number of rotatable bonds is 5. The second-order valence-electron chi connectivity index (χ2n) is 3.50. The number of benzene rings is 1. The maximum atomic E-state index is 8.95. The van der Waals surface area contributed by atoms with Crippen molar-refractivity contribution in [3.63, 3.8) is 0 Å². The minimum Gasteiger partial charge on any atom is -0.492 e. The predicted octanol–water partition coefficient (Wildman–Crippen LogP) is 3.05. The quantitative estimate of drug-likeness (QED) is 0.506. The fraction of sp³-hybridized carbons (Fsp3) is 0.231. The van der Waals surface area contributed by atoms with Crippen LogP contribution in [0.25, 0.3) is 6.08 Å². The lowest BCUT2D eigenvalue weighted by atomic mass is 10.1. The van der Waals surface area contributed by atoms with Crippen molar-refractivity contribution in [1.82, 2.24) is 0 Å². The molecular weight excluding hydrogens is 328 g/mol. The molecule has 0 aliphatic heterocycles. The van der Waals surface area contributed by atoms with Gasteiger partial charge in [0.25, 0.3) is 0 Å². The van der Waals surface area contributed by atoms with Crippen LogP contribution < -0.4 is 15.2 Å². The van der Waals surface area contributed by atoms with Gasteiger partial charge in [-0.2, -0.15) is 5.26 Å². The van der Waals surface area contributed by atoms with E-state index in [-0.39, 0.29) is 10.6 Å². The number of ether oxygens (including phenoxy) is 2. The van der Waals surface area contributed by atoms with E-state index in [4.69, 9.17) is 32.7 Å². The lowest BCUT2D eigenvalue weighted by molar-refractivity contribution is 0.310. The Bertz CT molecular complexity index is 564. The van der Waals surface area contributed by atoms with E-state index in [2.05, 4.69) is 15.9 Å². The summed E-state index contributed by atoms with van der Waals surface area (Å²) in [4.78, 5) is 0.0624. The van der Waals surface area contributed by atoms with Crippen LogP contribution in [0.4, 0.5) is 0 Å². The maximum Gasteiger partial charge on any atom is 0.174 e. The smallest absolute Gasteiger partial charge is 0.174 e. The second-order valence-corrected chi connectivity index (χ2v) is 4.80. The molecule has 19 heavy (non-hydrogen) atoms. The number of thiocarbonyl (C=S) groups is 1. The van der Waals surface area contributed by atoms with Crippen LogP contribution in [0.2, 0.25) is 0 Å². The van der Waals surface area contributed by atoms with Gasteiger partial charge in [-0.25, -0.2) is 0 Å². The molecule has 0 aliphatic rings. The third-order valence-electron chi connectivity index (χ3n) is 2.23. The van der Waals surface area contributed by atoms with Crippen LogP contribution in [-0.4, -0.2) is 18.7 Å². The maximum absolute atomic E-state index is 8.95. The minimum absolute atomic E-state index is 0.0624. The molecule has 4 nitrogen and oxygen atoms in total. The van der Waals surface area contributed by atoms with Crippen molar-refractivity contribution in [2.24, 2.45) is 5.73 Å². The molecule has 1 aromatic carbocycles. The summed E-state index contributed by atoms with van der Waals surface area (Å²) < 4.78 is 11.5. The zero-order valence-corrected chi connectivity index (χ0v) is 13.0. The zero-order valence-electron chi connectivity index (χ0n) is 10.6. The zero-order chi connectivity index (χ0) is 14.4. The summed E-state index contributed by atoms with van der Waals surface area (Å²) in [6.07, 6.45) is 1.61. The first-order valence-electron chi connectivity index (χ1n) is 5.45. The molecule has 1 aromatic rings. The van der Waals surface area contributed by atoms with Gasteiger partial charge in [-0.15, -0.1) is 0 Å². The van der Waals surface area contributed by atoms with E-state index in [1.165, 1.54) is 0 Å². The van der Waals surface area contributed by atoms with E-state index >= 15 is 0 Å². The van der Waals surface area contributed by atoms with Gasteiger partial charge in [0.2, 0.25) is 0 Å². The average molecular weight is 341 g/mol. The lowest BCUT2D eigenvalue weighted by Gasteiger charge is -2.12. The molecule has 0 heterocycles. The fourth-order valence-electron chi connectivity index (χ4n) is 1.46. The van der Waals surface area contributed by atoms with Gasteiger partial charge in [-0.05, 0) is 46.6 Å². The predicted molar refractivity (Wildman–Crippen MR) is 82.2 cm³/mol. The highest BCUT2D eigenvalue weighted by molar-refractivity contribution is 9.10. The highest BCUT2D eigenvalue weighted by atomic mass is 79.9. The molecule has 2 N–H and O–H groups in total. The molecule has 0 spiro atoms. The molecule has 1 rings (SSSR count). The van der Waals surface area contributed by atoms with Crippen LogP contribution in [0.15, 0.2) is 22.2 Å². The molecule has 0 aliphatic carbocycles. The fourth-order valence-corrected chi connectivity index (χ4v) is 2.18. The van der Waals surface area contributed by atoms with Crippen molar-refractivity contribution in [2.75, 3.05) is 13.7 Å². The highest BCUT2D eigenvalue weighted by Gasteiger charge is 2.11. The highest BCUT2D eigenvalue weighted by Crippen LogP contribution is 2.37. The molecule has 0 saturated carbocycles. The van der Waals surface area contributed by atoms with Crippen LogP contribution in [-0.2, 0) is 0 Å². The van der Waals surface area contributed by atoms with E-state index in [1.807, 2.05) is 13.0 Å². The molecular formula is C13H13BrN2O2S. The summed E-state index contributed by atoms with van der Waals surface area (Å²) in [5, 5.41) is 8.95. The number of hydrogen-bond donors (Lipinski definition) is 1. The summed E-state index contributed by atoms with van der Waals surface area (Å²) in [5.74, 6) is 1.19. The van der Waals surface area contributed by atoms with Gasteiger partial charge in [-0.1, -0.05) is 12.2 Å². The summed E-state index contributed by atoms with van der Waals surface area (Å²) in [7, 11) is 1.56. The monoisotopic (exact) mass is 340 g/mol. The van der Waals surface area contributed by atoms with Crippen LogP contribution in [0, 0.1) is 11.3 Å². The Kier molecular flexibility index (Phi) is 5.80. The third-order valence-corrected chi connectivity index (χ3v) is 3.04. The van der Waals surface area contributed by atoms with Crippen molar-refractivity contribution in [3.8, 4) is 17.6 Å². The van der Waals surface area contributed by atoms with Crippen LogP contribution in [0.5, 0.6) is 11.5 Å². The number of nitriles is 1. The van der Waals surface area contributed by atoms with Crippen molar-refractivity contribution >= 4 is 39.2 Å². The Morgan fingerprint density at radius 3 is 2.74 bits per heavy atom. The van der Waals surface area contributed by atoms with Crippen LogP contribution in [0.1, 0.15) is 12.5 Å². The Morgan fingerprint density at radius 1 is 1.58 bits per heavy atom. The Morgan fingerprint density at radius 2 is 2.26 bits per heavy atom. The standard InChI is InChI=1S/C13H13BrN2O2S/c1-3-18-11-6-8(4-9(7-15)13(16)19)5-10(14)12(11)17-2/h4-6H,3H2,1-2H3,(H2,16,19)/b9-4+. The molecule has 0 aromatic heterocycles. The van der Waals surface area contributed by atoms with E-state index in [9.17, 15) is 0 Å². The number of halogens is 1. The SMILES string of the molecule is CCOc1cc(/C=C(\C#N)C(N)=S)cc(Br)c1OC. The van der Waals surface area contributed by atoms with Crippen LogP contribution >= 0.6 is 28.1 Å². The van der Waals surface area contributed by atoms with Gasteiger partial charge >= 0.3 is 0 Å². The van der Waals surface area contributed by atoms with Gasteiger partial charge in [0.1, 0.15) is 11.1 Å². The first kappa shape index (κ1) is 15.5. The Labute approximate surface area is 125 Å². The van der Waals surface area contributed by atoms with E-state index in [1.54, 1.807) is 25.3 Å². The summed E-state index contributed by atoms with van der Waals surface area (Å²) in [5.41, 5.74) is 6.45. The third kappa shape index (κ3) is 3.94. The molecule has 6 heteroatoms. The van der Waals surface area contributed by atoms with E-state index < -0.39 is 0 Å². The molecule has 100 valence electrons. The number of methoxy groups -OCH3 is 1. The van der Waals surface area contributed by atoms with Gasteiger partial charge in [0.05, 0.1) is 23.8 Å². The normalized spacial score (nSPS) is 10.7. The summed E-state index contributed by atoms with van der Waals surface area (Å²) in [6.45, 7) is 2.39. The molecule has 0 atom stereocenters. The lowest BCUT2D eigenvalue weighted by Crippen LogP contribution is -2.09. The number of hydrogen-bond acceptors (Lipinski definition) is 4.